The Morgan fingerprint density at radius 3 is 2.47 bits per heavy atom. The van der Waals surface area contributed by atoms with Crippen LogP contribution >= 0.6 is 0 Å². The summed E-state index contributed by atoms with van der Waals surface area (Å²) in [4.78, 5) is 5.59. The molecule has 5 nitrogen and oxygen atoms in total. The summed E-state index contributed by atoms with van der Waals surface area (Å²) in [6.07, 6.45) is 2.97. The first-order valence-corrected chi connectivity index (χ1v) is 6.86. The van der Waals surface area contributed by atoms with E-state index in [1.807, 2.05) is 0 Å². The molecule has 2 N–H and O–H groups in total. The maximum atomic E-state index is 13.5. The van der Waals surface area contributed by atoms with Gasteiger partial charge in [0.25, 0.3) is 0 Å². The van der Waals surface area contributed by atoms with Gasteiger partial charge in [-0.05, 0) is 19.1 Å². The summed E-state index contributed by atoms with van der Waals surface area (Å²) in [6.45, 7) is 1.51. The lowest BCUT2D eigenvalue weighted by atomic mass is 10.3. The van der Waals surface area contributed by atoms with Crippen LogP contribution in [0.4, 0.5) is 8.78 Å². The zero-order chi connectivity index (χ0) is 14.0. The molecule has 0 amide bonds. The highest BCUT2D eigenvalue weighted by Crippen LogP contribution is 2.20. The van der Waals surface area contributed by atoms with E-state index in [-0.39, 0.29) is 0 Å². The van der Waals surface area contributed by atoms with Crippen molar-refractivity contribution in [2.45, 2.75) is 17.9 Å². The Kier molecular flexibility index (Phi) is 3.63. The second-order valence-corrected chi connectivity index (χ2v) is 5.52. The van der Waals surface area contributed by atoms with Crippen LogP contribution in [0.5, 0.6) is 0 Å². The third kappa shape index (κ3) is 2.79. The molecule has 1 atom stereocenters. The molecule has 0 saturated carbocycles. The van der Waals surface area contributed by atoms with Gasteiger partial charge in [0.15, 0.2) is 4.90 Å². The summed E-state index contributed by atoms with van der Waals surface area (Å²) in [7, 11) is -4.31. The number of H-pyrrole nitrogens is 1. The highest BCUT2D eigenvalue weighted by Gasteiger charge is 2.26. The number of aromatic amines is 1. The van der Waals surface area contributed by atoms with Crippen molar-refractivity contribution < 1.29 is 17.2 Å². The Labute approximate surface area is 108 Å². The molecule has 8 heteroatoms. The Morgan fingerprint density at radius 1 is 1.32 bits per heavy atom. The Bertz CT molecular complexity index is 651. The van der Waals surface area contributed by atoms with Gasteiger partial charge in [0.05, 0.1) is 6.04 Å². The van der Waals surface area contributed by atoms with E-state index in [2.05, 4.69) is 14.7 Å². The molecule has 2 aromatic rings. The number of rotatable bonds is 4. The van der Waals surface area contributed by atoms with Crippen molar-refractivity contribution in [2.24, 2.45) is 0 Å². The standard InChI is InChI=1S/C11H11F2N3O2S/c1-7(11-14-5-6-15-11)16-19(17,18)10-8(12)3-2-4-9(10)13/h2-7,16H,1H3,(H,14,15). The van der Waals surface area contributed by atoms with Gasteiger partial charge in [0.2, 0.25) is 10.0 Å². The zero-order valence-corrected chi connectivity index (χ0v) is 10.7. The van der Waals surface area contributed by atoms with Gasteiger partial charge in [-0.3, -0.25) is 0 Å². The van der Waals surface area contributed by atoms with Crippen molar-refractivity contribution in [3.8, 4) is 0 Å². The van der Waals surface area contributed by atoms with Crippen molar-refractivity contribution in [1.29, 1.82) is 0 Å². The SMILES string of the molecule is CC(NS(=O)(=O)c1c(F)cccc1F)c1ncc[nH]1. The van der Waals surface area contributed by atoms with Gasteiger partial charge in [0, 0.05) is 12.4 Å². The molecule has 102 valence electrons. The number of benzene rings is 1. The molecule has 0 fully saturated rings. The van der Waals surface area contributed by atoms with E-state index < -0.39 is 32.6 Å². The highest BCUT2D eigenvalue weighted by molar-refractivity contribution is 7.89. The molecule has 0 bridgehead atoms. The van der Waals surface area contributed by atoms with Crippen LogP contribution in [0.2, 0.25) is 0 Å². The predicted molar refractivity (Wildman–Crippen MR) is 63.7 cm³/mol. The molecule has 1 aromatic heterocycles. The fourth-order valence-electron chi connectivity index (χ4n) is 1.60. The van der Waals surface area contributed by atoms with E-state index in [9.17, 15) is 17.2 Å². The van der Waals surface area contributed by atoms with Crippen LogP contribution in [0.15, 0.2) is 35.5 Å². The van der Waals surface area contributed by atoms with E-state index in [1.165, 1.54) is 19.3 Å². The number of halogens is 2. The third-order valence-electron chi connectivity index (χ3n) is 2.45. The number of nitrogens with zero attached hydrogens (tertiary/aromatic N) is 1. The predicted octanol–water partition coefficient (Wildman–Crippen LogP) is 1.73. The summed E-state index contributed by atoms with van der Waals surface area (Å²) in [5, 5.41) is 0. The number of sulfonamides is 1. The molecular weight excluding hydrogens is 276 g/mol. The number of nitrogens with one attached hydrogen (secondary N) is 2. The fourth-order valence-corrected chi connectivity index (χ4v) is 2.95. The molecule has 1 unspecified atom stereocenters. The van der Waals surface area contributed by atoms with Crippen LogP contribution in [0.25, 0.3) is 0 Å². The lowest BCUT2D eigenvalue weighted by Gasteiger charge is -2.13. The van der Waals surface area contributed by atoms with E-state index in [1.54, 1.807) is 0 Å². The van der Waals surface area contributed by atoms with E-state index in [0.717, 1.165) is 18.2 Å². The summed E-state index contributed by atoms with van der Waals surface area (Å²) in [6, 6.07) is 2.13. The maximum Gasteiger partial charge on any atom is 0.247 e. The quantitative estimate of drug-likeness (QED) is 0.899. The highest BCUT2D eigenvalue weighted by atomic mass is 32.2. The first-order chi connectivity index (χ1) is 8.92. The van der Waals surface area contributed by atoms with Gasteiger partial charge < -0.3 is 4.98 Å². The summed E-state index contributed by atoms with van der Waals surface area (Å²) in [5.74, 6) is -1.93. The third-order valence-corrected chi connectivity index (χ3v) is 4.04. The lowest BCUT2D eigenvalue weighted by molar-refractivity contribution is 0.507. The van der Waals surface area contributed by atoms with E-state index in [0.29, 0.717) is 5.82 Å². The number of hydrogen-bond acceptors (Lipinski definition) is 3. The number of imidazole rings is 1. The van der Waals surface area contributed by atoms with Crippen LogP contribution in [0.1, 0.15) is 18.8 Å². The van der Waals surface area contributed by atoms with Crippen LogP contribution in [0.3, 0.4) is 0 Å². The van der Waals surface area contributed by atoms with Gasteiger partial charge in [-0.15, -0.1) is 0 Å². The van der Waals surface area contributed by atoms with Crippen LogP contribution in [-0.2, 0) is 10.0 Å². The van der Waals surface area contributed by atoms with Crippen LogP contribution in [0, 0.1) is 11.6 Å². The number of aromatic nitrogens is 2. The van der Waals surface area contributed by atoms with E-state index in [4.69, 9.17) is 0 Å². The molecule has 2 rings (SSSR count). The molecule has 1 heterocycles. The summed E-state index contributed by atoms with van der Waals surface area (Å²) < 4.78 is 53.0. The van der Waals surface area contributed by atoms with Crippen molar-refractivity contribution in [1.82, 2.24) is 14.7 Å². The lowest BCUT2D eigenvalue weighted by Crippen LogP contribution is -2.29. The molecule has 0 saturated heterocycles. The first-order valence-electron chi connectivity index (χ1n) is 5.37. The minimum Gasteiger partial charge on any atom is -0.347 e. The van der Waals surface area contributed by atoms with Crippen molar-refractivity contribution in [2.75, 3.05) is 0 Å². The second-order valence-electron chi connectivity index (χ2n) is 3.87. The molecule has 0 aliphatic heterocycles. The second kappa shape index (κ2) is 5.06. The van der Waals surface area contributed by atoms with E-state index >= 15 is 0 Å². The first kappa shape index (κ1) is 13.6. The van der Waals surface area contributed by atoms with Gasteiger partial charge in [0.1, 0.15) is 17.5 Å². The van der Waals surface area contributed by atoms with Crippen molar-refractivity contribution in [3.05, 3.63) is 48.1 Å². The normalized spacial score (nSPS) is 13.4. The Balaban J connectivity index is 2.33. The molecule has 0 radical (unpaired) electrons. The van der Waals surface area contributed by atoms with Crippen LogP contribution in [-0.4, -0.2) is 18.4 Å². The molecule has 1 aromatic carbocycles. The zero-order valence-electron chi connectivity index (χ0n) is 9.89. The summed E-state index contributed by atoms with van der Waals surface area (Å²) >= 11 is 0. The average Bonchev–Trinajstić information content (AvgIpc) is 2.80. The monoisotopic (exact) mass is 287 g/mol. The van der Waals surface area contributed by atoms with Crippen molar-refractivity contribution >= 4 is 10.0 Å². The minimum atomic E-state index is -4.31. The topological polar surface area (TPSA) is 74.8 Å². The van der Waals surface area contributed by atoms with Gasteiger partial charge in [-0.1, -0.05) is 6.07 Å². The average molecular weight is 287 g/mol. The summed E-state index contributed by atoms with van der Waals surface area (Å²) in [5.41, 5.74) is 0. The molecule has 19 heavy (non-hydrogen) atoms. The van der Waals surface area contributed by atoms with Gasteiger partial charge in [-0.2, -0.15) is 0 Å². The molecule has 0 spiro atoms. The molecule has 0 aliphatic rings. The van der Waals surface area contributed by atoms with Gasteiger partial charge in [-0.25, -0.2) is 26.9 Å². The Hall–Kier alpha value is -1.80. The van der Waals surface area contributed by atoms with Gasteiger partial charge >= 0.3 is 0 Å². The Morgan fingerprint density at radius 2 is 1.95 bits per heavy atom. The molecule has 0 aliphatic carbocycles. The largest absolute Gasteiger partial charge is 0.347 e. The maximum absolute atomic E-state index is 13.5. The minimum absolute atomic E-state index is 0.348. The number of hydrogen-bond donors (Lipinski definition) is 2. The van der Waals surface area contributed by atoms with Crippen LogP contribution < -0.4 is 4.72 Å². The molecular formula is C11H11F2N3O2S. The smallest absolute Gasteiger partial charge is 0.247 e. The fraction of sp³-hybridized carbons (Fsp3) is 0.182. The van der Waals surface area contributed by atoms with Crippen molar-refractivity contribution in [3.63, 3.8) is 0 Å².